The first kappa shape index (κ1) is 20.9. The summed E-state index contributed by atoms with van der Waals surface area (Å²) in [7, 11) is -3.68. The molecule has 0 unspecified atom stereocenters. The Morgan fingerprint density at radius 2 is 1.93 bits per heavy atom. The van der Waals surface area contributed by atoms with Gasteiger partial charge in [-0.25, -0.2) is 18.2 Å². The van der Waals surface area contributed by atoms with Gasteiger partial charge >= 0.3 is 0 Å². The third kappa shape index (κ3) is 5.77. The first-order valence-corrected chi connectivity index (χ1v) is 10.3. The number of hydrogen-bond acceptors (Lipinski definition) is 4. The highest BCUT2D eigenvalue weighted by Crippen LogP contribution is 2.19. The maximum absolute atomic E-state index is 13.6. The molecule has 9 heteroatoms. The van der Waals surface area contributed by atoms with E-state index in [1.807, 2.05) is 6.92 Å². The number of benzene rings is 2. The van der Waals surface area contributed by atoms with Crippen LogP contribution in [0.15, 0.2) is 47.6 Å². The number of aryl methyl sites for hydroxylation is 1. The molecular formula is C18H19ClFN3O3S. The van der Waals surface area contributed by atoms with E-state index in [-0.39, 0.29) is 10.6 Å². The number of nitrogens with zero attached hydrogens (tertiary/aromatic N) is 2. The van der Waals surface area contributed by atoms with Crippen LogP contribution >= 0.6 is 11.6 Å². The lowest BCUT2D eigenvalue weighted by Crippen LogP contribution is -2.39. The Morgan fingerprint density at radius 1 is 1.26 bits per heavy atom. The predicted octanol–water partition coefficient (Wildman–Crippen LogP) is 2.96. The number of hydrazone groups is 1. The number of sulfonamides is 1. The normalized spacial score (nSPS) is 11.6. The van der Waals surface area contributed by atoms with Crippen LogP contribution in [0.1, 0.15) is 18.1 Å². The van der Waals surface area contributed by atoms with Gasteiger partial charge in [0.05, 0.1) is 23.2 Å². The monoisotopic (exact) mass is 411 g/mol. The van der Waals surface area contributed by atoms with Gasteiger partial charge in [-0.05, 0) is 36.2 Å². The molecule has 0 aliphatic carbocycles. The first-order chi connectivity index (χ1) is 12.7. The number of nitrogens with one attached hydrogen (secondary N) is 1. The van der Waals surface area contributed by atoms with Crippen LogP contribution in [0.25, 0.3) is 0 Å². The van der Waals surface area contributed by atoms with Crippen LogP contribution in [0.5, 0.6) is 0 Å². The summed E-state index contributed by atoms with van der Waals surface area (Å²) in [5.41, 5.74) is 3.61. The van der Waals surface area contributed by atoms with Gasteiger partial charge in [-0.2, -0.15) is 5.10 Å². The number of carbonyl (C=O) groups is 1. The Bertz CT molecular complexity index is 927. The average molecular weight is 412 g/mol. The van der Waals surface area contributed by atoms with E-state index in [0.717, 1.165) is 28.8 Å². The number of hydrogen-bond donors (Lipinski definition) is 1. The van der Waals surface area contributed by atoms with Crippen LogP contribution in [0, 0.1) is 5.82 Å². The van der Waals surface area contributed by atoms with E-state index in [1.54, 1.807) is 24.3 Å². The number of rotatable bonds is 7. The summed E-state index contributed by atoms with van der Waals surface area (Å²) in [6, 6.07) is 11.0. The Hall–Kier alpha value is -2.45. The Morgan fingerprint density at radius 3 is 2.48 bits per heavy atom. The van der Waals surface area contributed by atoms with Crippen LogP contribution in [0.3, 0.4) is 0 Å². The molecule has 0 heterocycles. The van der Waals surface area contributed by atoms with Crippen molar-refractivity contribution in [3.05, 3.63) is 64.4 Å². The molecular weight excluding hydrogens is 393 g/mol. The fourth-order valence-corrected chi connectivity index (χ4v) is 3.33. The molecule has 6 nitrogen and oxygen atoms in total. The number of anilines is 1. The smallest absolute Gasteiger partial charge is 0.260 e. The van der Waals surface area contributed by atoms with E-state index in [0.29, 0.717) is 5.69 Å². The number of halogens is 2. The minimum absolute atomic E-state index is 0.0228. The molecule has 0 aliphatic heterocycles. The van der Waals surface area contributed by atoms with E-state index >= 15 is 0 Å². The largest absolute Gasteiger partial charge is 0.271 e. The van der Waals surface area contributed by atoms with E-state index in [2.05, 4.69) is 10.5 Å². The summed E-state index contributed by atoms with van der Waals surface area (Å²) in [6.07, 6.45) is 2.89. The minimum Gasteiger partial charge on any atom is -0.271 e. The van der Waals surface area contributed by atoms with Crippen LogP contribution < -0.4 is 9.73 Å². The Kier molecular flexibility index (Phi) is 6.92. The standard InChI is InChI=1S/C18H19ClFN3O3S/c1-3-13-7-9-14(10-8-13)23(27(2,25)26)12-18(24)22-21-11-15-16(19)5-4-6-17(15)20/h4-11H,3,12H2,1-2H3,(H,22,24)/b21-11-. The topological polar surface area (TPSA) is 78.8 Å². The lowest BCUT2D eigenvalue weighted by molar-refractivity contribution is -0.119. The molecule has 0 fully saturated rings. The van der Waals surface area contributed by atoms with Gasteiger partial charge < -0.3 is 0 Å². The average Bonchev–Trinajstić information content (AvgIpc) is 2.61. The van der Waals surface area contributed by atoms with Crippen molar-refractivity contribution in [2.75, 3.05) is 17.1 Å². The molecule has 2 rings (SSSR count). The second-order valence-electron chi connectivity index (χ2n) is 5.72. The molecule has 0 radical (unpaired) electrons. The lowest BCUT2D eigenvalue weighted by Gasteiger charge is -2.21. The van der Waals surface area contributed by atoms with Gasteiger partial charge in [0.25, 0.3) is 5.91 Å². The second kappa shape index (κ2) is 8.96. The SMILES string of the molecule is CCc1ccc(N(CC(=O)N/N=C\c2c(F)cccc2Cl)S(C)(=O)=O)cc1. The molecule has 1 N–H and O–H groups in total. The van der Waals surface area contributed by atoms with Crippen molar-refractivity contribution in [2.45, 2.75) is 13.3 Å². The van der Waals surface area contributed by atoms with Crippen LogP contribution in [0.2, 0.25) is 5.02 Å². The van der Waals surface area contributed by atoms with Gasteiger partial charge in [-0.3, -0.25) is 9.10 Å². The minimum atomic E-state index is -3.68. The number of carbonyl (C=O) groups excluding carboxylic acids is 1. The van der Waals surface area contributed by atoms with Crippen molar-refractivity contribution in [1.82, 2.24) is 5.43 Å². The molecule has 2 aromatic carbocycles. The van der Waals surface area contributed by atoms with Gasteiger partial charge in [-0.1, -0.05) is 36.7 Å². The fourth-order valence-electron chi connectivity index (χ4n) is 2.27. The van der Waals surface area contributed by atoms with Crippen molar-refractivity contribution in [2.24, 2.45) is 5.10 Å². The highest BCUT2D eigenvalue weighted by atomic mass is 35.5. The molecule has 0 bridgehead atoms. The van der Waals surface area contributed by atoms with Crippen LogP contribution in [0.4, 0.5) is 10.1 Å². The summed E-state index contributed by atoms with van der Waals surface area (Å²) < 4.78 is 38.7. The maximum Gasteiger partial charge on any atom is 0.260 e. The lowest BCUT2D eigenvalue weighted by atomic mass is 10.1. The maximum atomic E-state index is 13.6. The van der Waals surface area contributed by atoms with Crippen molar-refractivity contribution < 1.29 is 17.6 Å². The van der Waals surface area contributed by atoms with Crippen molar-refractivity contribution in [3.63, 3.8) is 0 Å². The first-order valence-electron chi connectivity index (χ1n) is 8.05. The quantitative estimate of drug-likeness (QED) is 0.562. The molecule has 0 saturated carbocycles. The molecule has 0 saturated heterocycles. The number of amides is 1. The van der Waals surface area contributed by atoms with Gasteiger partial charge in [0, 0.05) is 5.56 Å². The van der Waals surface area contributed by atoms with Gasteiger partial charge in [0.15, 0.2) is 0 Å². The summed E-state index contributed by atoms with van der Waals surface area (Å²) in [6.45, 7) is 1.52. The summed E-state index contributed by atoms with van der Waals surface area (Å²) in [4.78, 5) is 12.1. The van der Waals surface area contributed by atoms with Crippen LogP contribution in [-0.4, -0.2) is 33.3 Å². The molecule has 27 heavy (non-hydrogen) atoms. The zero-order chi connectivity index (χ0) is 20.0. The molecule has 2 aromatic rings. The Balaban J connectivity index is 2.11. The molecule has 0 spiro atoms. The zero-order valence-electron chi connectivity index (χ0n) is 14.8. The van der Waals surface area contributed by atoms with Gasteiger partial charge in [0.2, 0.25) is 10.0 Å². The van der Waals surface area contributed by atoms with Crippen LogP contribution in [-0.2, 0) is 21.2 Å². The summed E-state index contributed by atoms with van der Waals surface area (Å²) in [5.74, 6) is -1.27. The third-order valence-electron chi connectivity index (χ3n) is 3.70. The fraction of sp³-hybridized carbons (Fsp3) is 0.222. The van der Waals surface area contributed by atoms with E-state index in [9.17, 15) is 17.6 Å². The Labute approximate surface area is 162 Å². The third-order valence-corrected chi connectivity index (χ3v) is 5.17. The molecule has 144 valence electrons. The van der Waals surface area contributed by atoms with Crippen molar-refractivity contribution in [3.8, 4) is 0 Å². The van der Waals surface area contributed by atoms with Crippen molar-refractivity contribution in [1.29, 1.82) is 0 Å². The highest BCUT2D eigenvalue weighted by molar-refractivity contribution is 7.92. The van der Waals surface area contributed by atoms with Gasteiger partial charge in [-0.15, -0.1) is 0 Å². The second-order valence-corrected chi connectivity index (χ2v) is 8.03. The molecule has 1 amide bonds. The van der Waals surface area contributed by atoms with Gasteiger partial charge in [0.1, 0.15) is 12.4 Å². The van der Waals surface area contributed by atoms with E-state index < -0.39 is 28.3 Å². The van der Waals surface area contributed by atoms with E-state index in [1.165, 1.54) is 18.2 Å². The predicted molar refractivity (Wildman–Crippen MR) is 105 cm³/mol. The van der Waals surface area contributed by atoms with E-state index in [4.69, 9.17) is 11.6 Å². The summed E-state index contributed by atoms with van der Waals surface area (Å²) >= 11 is 5.86. The van der Waals surface area contributed by atoms with Crippen molar-refractivity contribution >= 4 is 39.4 Å². The zero-order valence-corrected chi connectivity index (χ0v) is 16.4. The molecule has 0 aliphatic rings. The molecule has 0 aromatic heterocycles. The molecule has 0 atom stereocenters. The summed E-state index contributed by atoms with van der Waals surface area (Å²) in [5, 5.41) is 3.79. The highest BCUT2D eigenvalue weighted by Gasteiger charge is 2.20.